The van der Waals surface area contributed by atoms with Gasteiger partial charge in [-0.1, -0.05) is 36.2 Å². The quantitative estimate of drug-likeness (QED) is 0.638. The summed E-state index contributed by atoms with van der Waals surface area (Å²) < 4.78 is 5.79. The molecule has 5 nitrogen and oxygen atoms in total. The summed E-state index contributed by atoms with van der Waals surface area (Å²) >= 11 is 12.1. The van der Waals surface area contributed by atoms with Gasteiger partial charge in [0.25, 0.3) is 0 Å². The Labute approximate surface area is 133 Å². The summed E-state index contributed by atoms with van der Waals surface area (Å²) in [6.07, 6.45) is 1.65. The molecule has 0 aliphatic rings. The summed E-state index contributed by atoms with van der Waals surface area (Å²) in [6, 6.07) is 5.18. The van der Waals surface area contributed by atoms with Crippen LogP contribution in [0.5, 0.6) is 11.6 Å². The van der Waals surface area contributed by atoms with Gasteiger partial charge in [0, 0.05) is 6.42 Å². The number of nitrogens with two attached hydrogens (primary N) is 1. The summed E-state index contributed by atoms with van der Waals surface area (Å²) in [6.45, 7) is 3.87. The van der Waals surface area contributed by atoms with Crippen LogP contribution in [0.2, 0.25) is 10.0 Å². The lowest BCUT2D eigenvalue weighted by Crippen LogP contribution is -2.13. The maximum atomic E-state index is 6.13. The summed E-state index contributed by atoms with van der Waals surface area (Å²) in [5.74, 6) is 7.52. The standard InChI is InChI=1S/C14H16Cl2N4O/c1-3-5-11-18-13(20-17)8(2)14(19-11)21-10-7-4-6-9(15)12(10)16/h4,6-7H,3,5,17H2,1-2H3,(H,18,19,20). The van der Waals surface area contributed by atoms with Gasteiger partial charge in [-0.05, 0) is 25.5 Å². The Bertz CT molecular complexity index is 649. The van der Waals surface area contributed by atoms with E-state index in [0.29, 0.717) is 38.9 Å². The molecule has 0 saturated heterocycles. The van der Waals surface area contributed by atoms with Crippen molar-refractivity contribution in [2.45, 2.75) is 26.7 Å². The summed E-state index contributed by atoms with van der Waals surface area (Å²) in [5, 5.41) is 0.767. The molecule has 21 heavy (non-hydrogen) atoms. The number of rotatable bonds is 5. The SMILES string of the molecule is CCCc1nc(NN)c(C)c(Oc2cccc(Cl)c2Cl)n1. The molecule has 3 N–H and O–H groups in total. The number of benzene rings is 1. The van der Waals surface area contributed by atoms with Crippen LogP contribution in [0.25, 0.3) is 0 Å². The second-order valence-electron chi connectivity index (χ2n) is 4.47. The van der Waals surface area contributed by atoms with Gasteiger partial charge in [0.15, 0.2) is 0 Å². The fourth-order valence-electron chi connectivity index (χ4n) is 1.78. The van der Waals surface area contributed by atoms with Crippen molar-refractivity contribution in [3.05, 3.63) is 39.6 Å². The number of hydrogen-bond acceptors (Lipinski definition) is 5. The molecule has 0 spiro atoms. The van der Waals surface area contributed by atoms with E-state index in [0.717, 1.165) is 12.8 Å². The number of aryl methyl sites for hydroxylation is 1. The smallest absolute Gasteiger partial charge is 0.227 e. The molecule has 0 saturated carbocycles. The Morgan fingerprint density at radius 2 is 2.05 bits per heavy atom. The minimum absolute atomic E-state index is 0.344. The number of aromatic nitrogens is 2. The molecule has 1 aromatic carbocycles. The topological polar surface area (TPSA) is 73.1 Å². The Kier molecular flexibility index (Phi) is 5.22. The highest BCUT2D eigenvalue weighted by Gasteiger charge is 2.14. The van der Waals surface area contributed by atoms with Crippen LogP contribution in [0.1, 0.15) is 24.7 Å². The number of halogens is 2. The van der Waals surface area contributed by atoms with Crippen LogP contribution in [-0.2, 0) is 6.42 Å². The number of hydrogen-bond donors (Lipinski definition) is 2. The lowest BCUT2D eigenvalue weighted by atomic mass is 10.3. The highest BCUT2D eigenvalue weighted by atomic mass is 35.5. The van der Waals surface area contributed by atoms with Crippen molar-refractivity contribution >= 4 is 29.0 Å². The van der Waals surface area contributed by atoms with E-state index in [2.05, 4.69) is 15.4 Å². The first kappa shape index (κ1) is 15.8. The van der Waals surface area contributed by atoms with Crippen molar-refractivity contribution in [3.63, 3.8) is 0 Å². The molecule has 0 unspecified atom stereocenters. The third-order valence-electron chi connectivity index (χ3n) is 2.88. The van der Waals surface area contributed by atoms with Crippen molar-refractivity contribution in [2.75, 3.05) is 5.43 Å². The van der Waals surface area contributed by atoms with Gasteiger partial charge in [0.1, 0.15) is 22.4 Å². The molecule has 0 atom stereocenters. The molecule has 1 aromatic heterocycles. The zero-order valence-corrected chi connectivity index (χ0v) is 13.3. The Balaban J connectivity index is 2.42. The predicted molar refractivity (Wildman–Crippen MR) is 85.1 cm³/mol. The number of nitrogens with zero attached hydrogens (tertiary/aromatic N) is 2. The van der Waals surface area contributed by atoms with Gasteiger partial charge < -0.3 is 10.2 Å². The second-order valence-corrected chi connectivity index (χ2v) is 5.25. The summed E-state index contributed by atoms with van der Waals surface area (Å²) in [4.78, 5) is 8.74. The Morgan fingerprint density at radius 1 is 1.29 bits per heavy atom. The molecule has 2 rings (SSSR count). The number of anilines is 1. The average Bonchev–Trinajstić information content (AvgIpc) is 2.47. The molecule has 0 fully saturated rings. The van der Waals surface area contributed by atoms with E-state index in [1.54, 1.807) is 18.2 Å². The van der Waals surface area contributed by atoms with Crippen molar-refractivity contribution in [3.8, 4) is 11.6 Å². The lowest BCUT2D eigenvalue weighted by molar-refractivity contribution is 0.455. The van der Waals surface area contributed by atoms with Crippen LogP contribution in [0.3, 0.4) is 0 Å². The molecular weight excluding hydrogens is 311 g/mol. The van der Waals surface area contributed by atoms with Gasteiger partial charge in [0.2, 0.25) is 5.88 Å². The fraction of sp³-hybridized carbons (Fsp3) is 0.286. The third kappa shape index (κ3) is 3.56. The minimum Gasteiger partial charge on any atom is -0.437 e. The van der Waals surface area contributed by atoms with E-state index >= 15 is 0 Å². The zero-order chi connectivity index (χ0) is 15.4. The maximum Gasteiger partial charge on any atom is 0.227 e. The van der Waals surface area contributed by atoms with Gasteiger partial charge in [0.05, 0.1) is 10.6 Å². The van der Waals surface area contributed by atoms with E-state index in [1.807, 2.05) is 13.8 Å². The molecular formula is C14H16Cl2N4O. The van der Waals surface area contributed by atoms with Crippen molar-refractivity contribution in [1.29, 1.82) is 0 Å². The molecule has 1 heterocycles. The first-order valence-electron chi connectivity index (χ1n) is 6.52. The predicted octanol–water partition coefficient (Wildman–Crippen LogP) is 4.12. The van der Waals surface area contributed by atoms with Crippen LogP contribution < -0.4 is 16.0 Å². The van der Waals surface area contributed by atoms with Crippen LogP contribution in [-0.4, -0.2) is 9.97 Å². The number of nitrogens with one attached hydrogen (secondary N) is 1. The molecule has 0 radical (unpaired) electrons. The number of nitrogen functional groups attached to an aromatic ring is 1. The van der Waals surface area contributed by atoms with Crippen LogP contribution in [0.15, 0.2) is 18.2 Å². The van der Waals surface area contributed by atoms with Gasteiger partial charge in [-0.2, -0.15) is 4.98 Å². The van der Waals surface area contributed by atoms with Crippen molar-refractivity contribution < 1.29 is 4.74 Å². The van der Waals surface area contributed by atoms with E-state index in [4.69, 9.17) is 33.8 Å². The number of hydrazine groups is 1. The van der Waals surface area contributed by atoms with E-state index in [-0.39, 0.29) is 0 Å². The molecule has 112 valence electrons. The van der Waals surface area contributed by atoms with Gasteiger partial charge in [-0.15, -0.1) is 0 Å². The first-order valence-corrected chi connectivity index (χ1v) is 7.28. The van der Waals surface area contributed by atoms with Gasteiger partial charge in [-0.3, -0.25) is 0 Å². The van der Waals surface area contributed by atoms with E-state index < -0.39 is 0 Å². The normalized spacial score (nSPS) is 10.5. The Hall–Kier alpha value is -1.56. The Morgan fingerprint density at radius 3 is 2.71 bits per heavy atom. The van der Waals surface area contributed by atoms with Crippen LogP contribution >= 0.6 is 23.2 Å². The first-order chi connectivity index (χ1) is 10.1. The van der Waals surface area contributed by atoms with E-state index in [9.17, 15) is 0 Å². The minimum atomic E-state index is 0.344. The monoisotopic (exact) mass is 326 g/mol. The highest BCUT2D eigenvalue weighted by molar-refractivity contribution is 6.42. The molecule has 0 aliphatic carbocycles. The second kappa shape index (κ2) is 6.93. The maximum absolute atomic E-state index is 6.13. The molecule has 0 aliphatic heterocycles. The summed E-state index contributed by atoms with van der Waals surface area (Å²) in [5.41, 5.74) is 3.26. The number of ether oxygens (including phenoxy) is 1. The molecule has 0 amide bonds. The lowest BCUT2D eigenvalue weighted by Gasteiger charge is -2.13. The molecule has 2 aromatic rings. The zero-order valence-electron chi connectivity index (χ0n) is 11.8. The highest BCUT2D eigenvalue weighted by Crippen LogP contribution is 2.35. The van der Waals surface area contributed by atoms with Crippen molar-refractivity contribution in [1.82, 2.24) is 9.97 Å². The van der Waals surface area contributed by atoms with Gasteiger partial charge >= 0.3 is 0 Å². The van der Waals surface area contributed by atoms with Crippen LogP contribution in [0.4, 0.5) is 5.82 Å². The average molecular weight is 327 g/mol. The van der Waals surface area contributed by atoms with E-state index in [1.165, 1.54) is 0 Å². The molecule has 0 bridgehead atoms. The fourth-order valence-corrected chi connectivity index (χ4v) is 2.11. The largest absolute Gasteiger partial charge is 0.437 e. The van der Waals surface area contributed by atoms with Crippen molar-refractivity contribution in [2.24, 2.45) is 5.84 Å². The van der Waals surface area contributed by atoms with Gasteiger partial charge in [-0.25, -0.2) is 10.8 Å². The molecule has 7 heteroatoms. The third-order valence-corrected chi connectivity index (χ3v) is 3.68. The summed E-state index contributed by atoms with van der Waals surface area (Å²) in [7, 11) is 0. The van der Waals surface area contributed by atoms with Crippen LogP contribution in [0, 0.1) is 6.92 Å².